The van der Waals surface area contributed by atoms with E-state index in [1.54, 1.807) is 12.1 Å². The molecule has 1 fully saturated rings. The SMILES string of the molecule is CNS(=O)(=O)c1cc(N)ccc1NC1CCCS(=O)(=O)C1. The van der Waals surface area contributed by atoms with Crippen molar-refractivity contribution < 1.29 is 16.8 Å². The highest BCUT2D eigenvalue weighted by Crippen LogP contribution is 2.26. The zero-order valence-electron chi connectivity index (χ0n) is 11.7. The smallest absolute Gasteiger partial charge is 0.242 e. The molecule has 9 heteroatoms. The van der Waals surface area contributed by atoms with E-state index < -0.39 is 19.9 Å². The molecule has 1 aromatic carbocycles. The molecular weight excluding hydrogens is 314 g/mol. The van der Waals surface area contributed by atoms with Crippen LogP contribution in [0, 0.1) is 0 Å². The van der Waals surface area contributed by atoms with Crippen molar-refractivity contribution in [3.63, 3.8) is 0 Å². The van der Waals surface area contributed by atoms with Gasteiger partial charge in [-0.15, -0.1) is 0 Å². The second-order valence-electron chi connectivity index (χ2n) is 5.06. The molecule has 1 atom stereocenters. The number of sulfonamides is 1. The van der Waals surface area contributed by atoms with Gasteiger partial charge in [-0.05, 0) is 38.1 Å². The lowest BCUT2D eigenvalue weighted by Crippen LogP contribution is -2.35. The molecule has 0 spiro atoms. The Morgan fingerprint density at radius 2 is 2.05 bits per heavy atom. The van der Waals surface area contributed by atoms with Crippen LogP contribution in [0.25, 0.3) is 0 Å². The molecule has 0 aromatic heterocycles. The Morgan fingerprint density at radius 3 is 2.67 bits per heavy atom. The third kappa shape index (κ3) is 3.86. The number of nitrogen functional groups attached to an aromatic ring is 1. The summed E-state index contributed by atoms with van der Waals surface area (Å²) in [5.74, 6) is 0.199. The van der Waals surface area contributed by atoms with E-state index in [0.717, 1.165) is 0 Å². The molecule has 0 aliphatic carbocycles. The van der Waals surface area contributed by atoms with Gasteiger partial charge in [0.25, 0.3) is 0 Å². The number of benzene rings is 1. The number of sulfone groups is 1. The highest BCUT2D eigenvalue weighted by atomic mass is 32.2. The second-order valence-corrected chi connectivity index (χ2v) is 9.14. The summed E-state index contributed by atoms with van der Waals surface area (Å²) in [5, 5.41) is 3.02. The van der Waals surface area contributed by atoms with Gasteiger partial charge in [0.05, 0.1) is 17.2 Å². The summed E-state index contributed by atoms with van der Waals surface area (Å²) in [6, 6.07) is 4.19. The average Bonchev–Trinajstić information content (AvgIpc) is 2.39. The molecule has 1 saturated heterocycles. The maximum Gasteiger partial charge on any atom is 0.242 e. The topological polar surface area (TPSA) is 118 Å². The Bertz CT molecular complexity index is 729. The summed E-state index contributed by atoms with van der Waals surface area (Å²) in [4.78, 5) is 0.0213. The molecule has 1 aliphatic heterocycles. The van der Waals surface area contributed by atoms with Crippen molar-refractivity contribution in [2.24, 2.45) is 0 Å². The molecule has 1 heterocycles. The van der Waals surface area contributed by atoms with E-state index in [1.165, 1.54) is 13.1 Å². The van der Waals surface area contributed by atoms with Gasteiger partial charge in [-0.2, -0.15) is 0 Å². The molecule has 0 amide bonds. The molecule has 0 saturated carbocycles. The van der Waals surface area contributed by atoms with E-state index in [0.29, 0.717) is 24.2 Å². The minimum Gasteiger partial charge on any atom is -0.399 e. The summed E-state index contributed by atoms with van der Waals surface area (Å²) >= 11 is 0. The number of anilines is 2. The van der Waals surface area contributed by atoms with Crippen LogP contribution in [0.1, 0.15) is 12.8 Å². The predicted molar refractivity (Wildman–Crippen MR) is 82.4 cm³/mol. The van der Waals surface area contributed by atoms with Gasteiger partial charge in [0.15, 0.2) is 9.84 Å². The number of hydrogen-bond donors (Lipinski definition) is 3. The Kier molecular flexibility index (Phi) is 4.45. The standard InChI is InChI=1S/C12H19N3O4S2/c1-14-21(18,19)12-7-9(13)4-5-11(12)15-10-3-2-6-20(16,17)8-10/h4-5,7,10,14-15H,2-3,6,8,13H2,1H3. The van der Waals surface area contributed by atoms with Gasteiger partial charge in [0, 0.05) is 11.7 Å². The Balaban J connectivity index is 2.32. The zero-order valence-corrected chi connectivity index (χ0v) is 13.3. The minimum atomic E-state index is -3.67. The fourth-order valence-electron chi connectivity index (χ4n) is 2.35. The lowest BCUT2D eigenvalue weighted by Gasteiger charge is -2.25. The van der Waals surface area contributed by atoms with Crippen LogP contribution in [-0.2, 0) is 19.9 Å². The van der Waals surface area contributed by atoms with Crippen molar-refractivity contribution in [3.05, 3.63) is 18.2 Å². The average molecular weight is 333 g/mol. The Morgan fingerprint density at radius 1 is 1.33 bits per heavy atom. The molecule has 0 bridgehead atoms. The first-order valence-corrected chi connectivity index (χ1v) is 9.84. The number of nitrogens with two attached hydrogens (primary N) is 1. The summed E-state index contributed by atoms with van der Waals surface area (Å²) in [6.45, 7) is 0. The van der Waals surface area contributed by atoms with Crippen molar-refractivity contribution in [2.75, 3.05) is 29.6 Å². The van der Waals surface area contributed by atoms with Crippen molar-refractivity contribution in [1.29, 1.82) is 0 Å². The summed E-state index contributed by atoms with van der Waals surface area (Å²) in [6.07, 6.45) is 1.26. The molecule has 4 N–H and O–H groups in total. The van der Waals surface area contributed by atoms with Gasteiger partial charge in [0.2, 0.25) is 10.0 Å². The molecule has 1 unspecified atom stereocenters. The molecule has 1 aliphatic rings. The summed E-state index contributed by atoms with van der Waals surface area (Å²) in [7, 11) is -5.43. The third-order valence-electron chi connectivity index (χ3n) is 3.39. The van der Waals surface area contributed by atoms with Crippen LogP contribution >= 0.6 is 0 Å². The summed E-state index contributed by atoms with van der Waals surface area (Å²) in [5.41, 5.74) is 6.33. The van der Waals surface area contributed by atoms with Gasteiger partial charge in [-0.3, -0.25) is 0 Å². The lowest BCUT2D eigenvalue weighted by atomic mass is 10.1. The van der Waals surface area contributed by atoms with E-state index in [-0.39, 0.29) is 22.4 Å². The van der Waals surface area contributed by atoms with E-state index in [1.807, 2.05) is 0 Å². The van der Waals surface area contributed by atoms with Gasteiger partial charge in [0.1, 0.15) is 4.90 Å². The van der Waals surface area contributed by atoms with Crippen LogP contribution in [-0.4, -0.2) is 41.4 Å². The zero-order chi connectivity index (χ0) is 15.7. The Hall–Kier alpha value is -1.32. The monoisotopic (exact) mass is 333 g/mol. The predicted octanol–water partition coefficient (Wildman–Crippen LogP) is 0.166. The second kappa shape index (κ2) is 5.82. The highest BCUT2D eigenvalue weighted by molar-refractivity contribution is 7.91. The van der Waals surface area contributed by atoms with Crippen molar-refractivity contribution in [3.8, 4) is 0 Å². The van der Waals surface area contributed by atoms with Crippen molar-refractivity contribution >= 4 is 31.2 Å². The van der Waals surface area contributed by atoms with Crippen molar-refractivity contribution in [2.45, 2.75) is 23.8 Å². The fourth-order valence-corrected chi connectivity index (χ4v) is 4.91. The maximum absolute atomic E-state index is 12.0. The number of rotatable bonds is 4. The molecule has 0 radical (unpaired) electrons. The summed E-state index contributed by atoms with van der Waals surface area (Å²) < 4.78 is 49.6. The first-order valence-electron chi connectivity index (χ1n) is 6.53. The fraction of sp³-hybridized carbons (Fsp3) is 0.500. The van der Waals surface area contributed by atoms with Crippen LogP contribution in [0.5, 0.6) is 0 Å². The van der Waals surface area contributed by atoms with E-state index in [9.17, 15) is 16.8 Å². The highest BCUT2D eigenvalue weighted by Gasteiger charge is 2.26. The molecule has 21 heavy (non-hydrogen) atoms. The van der Waals surface area contributed by atoms with Crippen LogP contribution in [0.3, 0.4) is 0 Å². The van der Waals surface area contributed by atoms with Gasteiger partial charge < -0.3 is 11.1 Å². The van der Waals surface area contributed by atoms with Gasteiger partial charge in [-0.25, -0.2) is 21.6 Å². The van der Waals surface area contributed by atoms with Crippen LogP contribution in [0.15, 0.2) is 23.1 Å². The molecular formula is C12H19N3O4S2. The van der Waals surface area contributed by atoms with E-state index in [2.05, 4.69) is 10.0 Å². The van der Waals surface area contributed by atoms with Gasteiger partial charge in [-0.1, -0.05) is 0 Å². The van der Waals surface area contributed by atoms with Crippen LogP contribution in [0.2, 0.25) is 0 Å². The van der Waals surface area contributed by atoms with E-state index in [4.69, 9.17) is 5.73 Å². The number of nitrogens with one attached hydrogen (secondary N) is 2. The first-order chi connectivity index (χ1) is 9.73. The van der Waals surface area contributed by atoms with Crippen LogP contribution < -0.4 is 15.8 Å². The first kappa shape index (κ1) is 16.1. The minimum absolute atomic E-state index is 0.0103. The molecule has 1 aromatic rings. The quantitative estimate of drug-likeness (QED) is 0.676. The molecule has 7 nitrogen and oxygen atoms in total. The van der Waals surface area contributed by atoms with Crippen molar-refractivity contribution in [1.82, 2.24) is 4.72 Å². The van der Waals surface area contributed by atoms with Gasteiger partial charge >= 0.3 is 0 Å². The molecule has 2 rings (SSSR count). The maximum atomic E-state index is 12.0. The largest absolute Gasteiger partial charge is 0.399 e. The Labute approximate surface area is 124 Å². The lowest BCUT2D eigenvalue weighted by molar-refractivity contribution is 0.561. The molecule has 118 valence electrons. The van der Waals surface area contributed by atoms with Crippen LogP contribution in [0.4, 0.5) is 11.4 Å². The normalized spacial score (nSPS) is 21.9. The number of hydrogen-bond acceptors (Lipinski definition) is 6. The van der Waals surface area contributed by atoms with E-state index >= 15 is 0 Å². The third-order valence-corrected chi connectivity index (χ3v) is 6.66.